The summed E-state index contributed by atoms with van der Waals surface area (Å²) in [6.07, 6.45) is 0.220. The Hall–Kier alpha value is -2.06. The van der Waals surface area contributed by atoms with E-state index in [1.807, 2.05) is 0 Å². The number of nitrogens with zero attached hydrogens (tertiary/aromatic N) is 2. The second-order valence-electron chi connectivity index (χ2n) is 3.94. The van der Waals surface area contributed by atoms with Crippen molar-refractivity contribution in [2.24, 2.45) is 0 Å². The van der Waals surface area contributed by atoms with Gasteiger partial charge in [-0.25, -0.2) is 4.39 Å². The quantitative estimate of drug-likeness (QED) is 0.822. The van der Waals surface area contributed by atoms with Gasteiger partial charge in [0, 0.05) is 12.8 Å². The third kappa shape index (κ3) is 3.49. The van der Waals surface area contributed by atoms with Crippen LogP contribution in [0.5, 0.6) is 0 Å². The zero-order chi connectivity index (χ0) is 14.5. The van der Waals surface area contributed by atoms with E-state index in [1.54, 1.807) is 0 Å². The van der Waals surface area contributed by atoms with Gasteiger partial charge < -0.3 is 15.8 Å². The molecular weight excluding hydrogens is 283 g/mol. The third-order valence-electron chi connectivity index (χ3n) is 2.43. The Morgan fingerprint density at radius 3 is 3.05 bits per heavy atom. The highest BCUT2D eigenvalue weighted by molar-refractivity contribution is 7.18. The second kappa shape index (κ2) is 6.40. The van der Waals surface area contributed by atoms with E-state index in [0.717, 1.165) is 11.3 Å². The lowest BCUT2D eigenvalue weighted by molar-refractivity contribution is -0.117. The number of hydrogen-bond acceptors (Lipinski definition) is 6. The predicted octanol–water partition coefficient (Wildman–Crippen LogP) is 1.90. The van der Waals surface area contributed by atoms with Gasteiger partial charge in [-0.2, -0.15) is 0 Å². The number of amides is 1. The summed E-state index contributed by atoms with van der Waals surface area (Å²) in [6.45, 7) is 0.321. The monoisotopic (exact) mass is 296 g/mol. The summed E-state index contributed by atoms with van der Waals surface area (Å²) in [4.78, 5) is 11.5. The summed E-state index contributed by atoms with van der Waals surface area (Å²) in [6, 6.07) is 4.21. The Balaban J connectivity index is 2.12. The molecule has 0 saturated heterocycles. The van der Waals surface area contributed by atoms with Crippen molar-refractivity contribution < 1.29 is 13.9 Å². The number of aromatic nitrogens is 2. The van der Waals surface area contributed by atoms with Crippen molar-refractivity contribution in [2.75, 3.05) is 24.8 Å². The number of carbonyl (C=O) groups excluding carboxylic acids is 1. The number of halogens is 1. The zero-order valence-electron chi connectivity index (χ0n) is 10.7. The fraction of sp³-hybridized carbons (Fsp3) is 0.250. The molecule has 1 heterocycles. The summed E-state index contributed by atoms with van der Waals surface area (Å²) in [5, 5.41) is 10.9. The molecule has 0 aliphatic carbocycles. The van der Waals surface area contributed by atoms with Gasteiger partial charge in [0.15, 0.2) is 5.01 Å². The molecule has 0 aliphatic heterocycles. The van der Waals surface area contributed by atoms with E-state index >= 15 is 0 Å². The topological polar surface area (TPSA) is 90.1 Å². The number of methoxy groups -OCH3 is 1. The Labute approximate surface area is 118 Å². The maximum atomic E-state index is 13.7. The van der Waals surface area contributed by atoms with Gasteiger partial charge in [0.25, 0.3) is 0 Å². The molecule has 1 amide bonds. The fourth-order valence-corrected chi connectivity index (χ4v) is 2.24. The van der Waals surface area contributed by atoms with Gasteiger partial charge in [-0.05, 0) is 18.2 Å². The van der Waals surface area contributed by atoms with Crippen molar-refractivity contribution >= 4 is 28.1 Å². The lowest BCUT2D eigenvalue weighted by atomic mass is 10.2. The van der Waals surface area contributed by atoms with Crippen LogP contribution >= 0.6 is 11.3 Å². The van der Waals surface area contributed by atoms with Crippen LogP contribution in [0, 0.1) is 5.82 Å². The maximum Gasteiger partial charge on any atom is 0.228 e. The van der Waals surface area contributed by atoms with Crippen molar-refractivity contribution in [3.05, 3.63) is 24.0 Å². The Morgan fingerprint density at radius 2 is 2.30 bits per heavy atom. The normalized spacial score (nSPS) is 10.5. The van der Waals surface area contributed by atoms with Gasteiger partial charge in [-0.15, -0.1) is 10.2 Å². The lowest BCUT2D eigenvalue weighted by Crippen LogP contribution is -2.13. The van der Waals surface area contributed by atoms with Crippen LogP contribution in [-0.2, 0) is 9.53 Å². The van der Waals surface area contributed by atoms with Crippen LogP contribution in [0.3, 0.4) is 0 Å². The number of carbonyl (C=O) groups is 1. The number of anilines is 2. The molecule has 0 fully saturated rings. The minimum atomic E-state index is -0.437. The number of hydrogen-bond donors (Lipinski definition) is 2. The molecule has 6 nitrogen and oxygen atoms in total. The van der Waals surface area contributed by atoms with Crippen LogP contribution in [0.15, 0.2) is 18.2 Å². The van der Waals surface area contributed by atoms with Crippen LogP contribution in [0.4, 0.5) is 15.2 Å². The van der Waals surface area contributed by atoms with E-state index in [-0.39, 0.29) is 17.9 Å². The van der Waals surface area contributed by atoms with Crippen LogP contribution in [0.2, 0.25) is 0 Å². The minimum absolute atomic E-state index is 0.220. The molecule has 1 aromatic carbocycles. The van der Waals surface area contributed by atoms with E-state index in [0.29, 0.717) is 22.4 Å². The van der Waals surface area contributed by atoms with Crippen molar-refractivity contribution in [1.82, 2.24) is 10.2 Å². The van der Waals surface area contributed by atoms with Crippen LogP contribution in [0.1, 0.15) is 6.42 Å². The molecule has 20 heavy (non-hydrogen) atoms. The van der Waals surface area contributed by atoms with E-state index in [9.17, 15) is 9.18 Å². The molecule has 0 bridgehead atoms. The summed E-state index contributed by atoms with van der Waals surface area (Å²) < 4.78 is 18.5. The van der Waals surface area contributed by atoms with E-state index in [2.05, 4.69) is 15.5 Å². The Morgan fingerprint density at radius 1 is 1.50 bits per heavy atom. The van der Waals surface area contributed by atoms with E-state index in [4.69, 9.17) is 10.5 Å². The Kier molecular flexibility index (Phi) is 4.59. The number of nitrogens with one attached hydrogen (secondary N) is 1. The van der Waals surface area contributed by atoms with E-state index in [1.165, 1.54) is 25.3 Å². The highest BCUT2D eigenvalue weighted by atomic mass is 32.1. The minimum Gasteiger partial charge on any atom is -0.399 e. The number of benzene rings is 1. The average Bonchev–Trinajstić information content (AvgIpc) is 2.87. The van der Waals surface area contributed by atoms with Crippen molar-refractivity contribution in [3.8, 4) is 10.6 Å². The van der Waals surface area contributed by atoms with Crippen molar-refractivity contribution in [2.45, 2.75) is 6.42 Å². The van der Waals surface area contributed by atoms with Gasteiger partial charge in [-0.3, -0.25) is 4.79 Å². The summed E-state index contributed by atoms with van der Waals surface area (Å²) in [5.74, 6) is -0.671. The van der Waals surface area contributed by atoms with Crippen molar-refractivity contribution in [1.29, 1.82) is 0 Å². The summed E-state index contributed by atoms with van der Waals surface area (Å²) >= 11 is 1.08. The number of nitrogen functional groups attached to an aromatic ring is 1. The SMILES string of the molecule is COCCC(=O)Nc1nnc(-c2cc(N)ccc2F)s1. The van der Waals surface area contributed by atoms with E-state index < -0.39 is 5.82 Å². The molecule has 106 valence electrons. The fourth-order valence-electron chi connectivity index (χ4n) is 1.47. The lowest BCUT2D eigenvalue weighted by Gasteiger charge is -2.00. The van der Waals surface area contributed by atoms with Gasteiger partial charge in [0.05, 0.1) is 18.6 Å². The molecule has 0 aliphatic rings. The molecule has 0 atom stereocenters. The summed E-state index contributed by atoms with van der Waals surface area (Å²) in [5.41, 5.74) is 6.31. The Bertz CT molecular complexity index is 617. The smallest absolute Gasteiger partial charge is 0.228 e. The van der Waals surface area contributed by atoms with Crippen LogP contribution in [-0.4, -0.2) is 29.8 Å². The molecule has 0 radical (unpaired) electrons. The van der Waals surface area contributed by atoms with Crippen LogP contribution in [0.25, 0.3) is 10.6 Å². The first-order valence-corrected chi connectivity index (χ1v) is 6.59. The first-order chi connectivity index (χ1) is 9.60. The van der Waals surface area contributed by atoms with Crippen molar-refractivity contribution in [3.63, 3.8) is 0 Å². The maximum absolute atomic E-state index is 13.7. The number of rotatable bonds is 5. The molecule has 0 saturated carbocycles. The summed E-state index contributed by atoms with van der Waals surface area (Å²) in [7, 11) is 1.51. The molecule has 0 spiro atoms. The average molecular weight is 296 g/mol. The highest BCUT2D eigenvalue weighted by Gasteiger charge is 2.13. The number of nitrogens with two attached hydrogens (primary N) is 1. The molecule has 2 aromatic rings. The predicted molar refractivity (Wildman–Crippen MR) is 74.8 cm³/mol. The van der Waals surface area contributed by atoms with Gasteiger partial charge >= 0.3 is 0 Å². The largest absolute Gasteiger partial charge is 0.399 e. The van der Waals surface area contributed by atoms with Gasteiger partial charge in [-0.1, -0.05) is 11.3 Å². The molecule has 1 aromatic heterocycles. The molecule has 2 rings (SSSR count). The first-order valence-electron chi connectivity index (χ1n) is 5.78. The standard InChI is InChI=1S/C12H13FN4O2S/c1-19-5-4-10(18)15-12-17-16-11(20-12)8-6-7(14)2-3-9(8)13/h2-3,6H,4-5,14H2,1H3,(H,15,17,18). The molecule has 3 N–H and O–H groups in total. The van der Waals surface area contributed by atoms with Gasteiger partial charge in [0.1, 0.15) is 5.82 Å². The molecular formula is C12H13FN4O2S. The number of ether oxygens (including phenoxy) is 1. The second-order valence-corrected chi connectivity index (χ2v) is 4.92. The van der Waals surface area contributed by atoms with Gasteiger partial charge in [0.2, 0.25) is 11.0 Å². The first kappa shape index (κ1) is 14.4. The molecule has 0 unspecified atom stereocenters. The molecule has 8 heteroatoms. The van der Waals surface area contributed by atoms with Crippen LogP contribution < -0.4 is 11.1 Å². The highest BCUT2D eigenvalue weighted by Crippen LogP contribution is 2.29. The third-order valence-corrected chi connectivity index (χ3v) is 3.30. The zero-order valence-corrected chi connectivity index (χ0v) is 11.5.